The molecule has 1 aromatic rings. The van der Waals surface area contributed by atoms with E-state index >= 15 is 0 Å². The number of nitrogens with zero attached hydrogens (tertiary/aromatic N) is 1. The molecule has 0 aromatic heterocycles. The van der Waals surface area contributed by atoms with E-state index in [2.05, 4.69) is 12.6 Å². The second-order valence-electron chi connectivity index (χ2n) is 5.03. The van der Waals surface area contributed by atoms with Crippen molar-refractivity contribution in [3.05, 3.63) is 22.7 Å². The summed E-state index contributed by atoms with van der Waals surface area (Å²) in [7, 11) is 0. The van der Waals surface area contributed by atoms with Gasteiger partial charge in [-0.3, -0.25) is 0 Å². The Morgan fingerprint density at radius 3 is 2.26 bits per heavy atom. The summed E-state index contributed by atoms with van der Waals surface area (Å²) in [6.45, 7) is 9.68. The van der Waals surface area contributed by atoms with Crippen molar-refractivity contribution in [1.82, 2.24) is 4.90 Å². The molecule has 0 aliphatic heterocycles. The zero-order chi connectivity index (χ0) is 14.7. The van der Waals surface area contributed by atoms with E-state index in [0.717, 1.165) is 10.5 Å². The molecule has 0 saturated heterocycles. The van der Waals surface area contributed by atoms with Crippen LogP contribution in [0.15, 0.2) is 17.0 Å². The molecule has 1 amide bonds. The Hall–Kier alpha value is -0.870. The number of thiol groups is 1. The van der Waals surface area contributed by atoms with Gasteiger partial charge in [0.15, 0.2) is 5.75 Å². The van der Waals surface area contributed by atoms with Gasteiger partial charge in [0, 0.05) is 17.0 Å². The van der Waals surface area contributed by atoms with E-state index in [1.54, 1.807) is 17.0 Å². The number of ether oxygens (including phenoxy) is 1. The largest absolute Gasteiger partial charge is 0.415 e. The van der Waals surface area contributed by atoms with E-state index in [4.69, 9.17) is 16.3 Å². The number of carbonyl (C=O) groups is 1. The van der Waals surface area contributed by atoms with Crippen LogP contribution in [0.3, 0.4) is 0 Å². The highest BCUT2D eigenvalue weighted by Gasteiger charge is 2.23. The lowest BCUT2D eigenvalue weighted by atomic mass is 10.2. The molecule has 0 heterocycles. The number of carbonyl (C=O) groups excluding carboxylic acids is 1. The van der Waals surface area contributed by atoms with E-state index in [1.165, 1.54) is 0 Å². The Kier molecular flexibility index (Phi) is 5.56. The summed E-state index contributed by atoms with van der Waals surface area (Å²) in [6.07, 6.45) is -0.400. The van der Waals surface area contributed by atoms with Gasteiger partial charge >= 0.3 is 6.09 Å². The topological polar surface area (TPSA) is 29.5 Å². The van der Waals surface area contributed by atoms with Crippen molar-refractivity contribution >= 4 is 30.3 Å². The molecule has 0 spiro atoms. The van der Waals surface area contributed by atoms with Crippen LogP contribution < -0.4 is 4.74 Å². The fourth-order valence-electron chi connectivity index (χ4n) is 1.89. The summed E-state index contributed by atoms with van der Waals surface area (Å²) in [4.78, 5) is 14.6. The Labute approximate surface area is 125 Å². The van der Waals surface area contributed by atoms with E-state index in [-0.39, 0.29) is 12.1 Å². The van der Waals surface area contributed by atoms with E-state index in [1.807, 2.05) is 34.6 Å². The van der Waals surface area contributed by atoms with Crippen molar-refractivity contribution in [2.24, 2.45) is 0 Å². The predicted octanol–water partition coefficient (Wildman–Crippen LogP) is 4.55. The van der Waals surface area contributed by atoms with Crippen LogP contribution in [0.25, 0.3) is 0 Å². The Morgan fingerprint density at radius 2 is 1.79 bits per heavy atom. The second kappa shape index (κ2) is 6.53. The summed E-state index contributed by atoms with van der Waals surface area (Å²) in [6, 6.07) is 3.53. The first-order chi connectivity index (χ1) is 8.73. The quantitative estimate of drug-likeness (QED) is 0.830. The van der Waals surface area contributed by atoms with Crippen LogP contribution in [-0.4, -0.2) is 23.1 Å². The minimum absolute atomic E-state index is 0.0622. The van der Waals surface area contributed by atoms with Gasteiger partial charge in [-0.1, -0.05) is 11.6 Å². The van der Waals surface area contributed by atoms with Gasteiger partial charge in [-0.25, -0.2) is 4.79 Å². The monoisotopic (exact) mass is 301 g/mol. The van der Waals surface area contributed by atoms with Crippen molar-refractivity contribution in [2.75, 3.05) is 0 Å². The summed E-state index contributed by atoms with van der Waals surface area (Å²) >= 11 is 10.4. The Balaban J connectivity index is 2.96. The van der Waals surface area contributed by atoms with E-state index in [9.17, 15) is 4.79 Å². The second-order valence-corrected chi connectivity index (χ2v) is 5.92. The third-order valence-corrected chi connectivity index (χ3v) is 3.55. The molecule has 19 heavy (non-hydrogen) atoms. The van der Waals surface area contributed by atoms with Crippen LogP contribution in [0.1, 0.15) is 33.3 Å². The Bertz CT molecular complexity index is 467. The van der Waals surface area contributed by atoms with Crippen LogP contribution in [0.4, 0.5) is 4.79 Å². The van der Waals surface area contributed by atoms with E-state index < -0.39 is 6.09 Å². The van der Waals surface area contributed by atoms with Crippen molar-refractivity contribution in [2.45, 2.75) is 51.6 Å². The fraction of sp³-hybridized carbons (Fsp3) is 0.500. The van der Waals surface area contributed by atoms with Crippen molar-refractivity contribution in [3.8, 4) is 5.75 Å². The third-order valence-electron chi connectivity index (χ3n) is 2.77. The lowest BCUT2D eigenvalue weighted by Crippen LogP contribution is -2.43. The van der Waals surface area contributed by atoms with Gasteiger partial charge in [-0.2, -0.15) is 0 Å². The molecule has 0 N–H and O–H groups in total. The molecule has 0 atom stereocenters. The number of amides is 1. The number of rotatable bonds is 3. The lowest BCUT2D eigenvalue weighted by molar-refractivity contribution is 0.122. The van der Waals surface area contributed by atoms with Crippen LogP contribution in [0.2, 0.25) is 5.02 Å². The highest BCUT2D eigenvalue weighted by Crippen LogP contribution is 2.30. The Morgan fingerprint density at radius 1 is 1.26 bits per heavy atom. The van der Waals surface area contributed by atoms with Gasteiger partial charge in [-0.05, 0) is 52.3 Å². The highest BCUT2D eigenvalue weighted by atomic mass is 35.5. The first-order valence-electron chi connectivity index (χ1n) is 6.23. The van der Waals surface area contributed by atoms with Crippen LogP contribution >= 0.6 is 24.2 Å². The van der Waals surface area contributed by atoms with Gasteiger partial charge in [0.2, 0.25) is 0 Å². The van der Waals surface area contributed by atoms with Gasteiger partial charge in [0.05, 0.1) is 5.02 Å². The van der Waals surface area contributed by atoms with Crippen LogP contribution in [-0.2, 0) is 0 Å². The zero-order valence-electron chi connectivity index (χ0n) is 11.9. The molecule has 0 unspecified atom stereocenters. The molecule has 3 nitrogen and oxygen atoms in total. The number of aryl methyl sites for hydroxylation is 1. The highest BCUT2D eigenvalue weighted by molar-refractivity contribution is 7.80. The molecular weight excluding hydrogens is 282 g/mol. The van der Waals surface area contributed by atoms with Crippen molar-refractivity contribution in [1.29, 1.82) is 0 Å². The summed E-state index contributed by atoms with van der Waals surface area (Å²) in [5, 5.41) is 0.413. The summed E-state index contributed by atoms with van der Waals surface area (Å²) < 4.78 is 5.37. The minimum Gasteiger partial charge on any atom is -0.409 e. The molecule has 106 valence electrons. The minimum atomic E-state index is -0.400. The molecule has 0 aliphatic carbocycles. The molecule has 0 radical (unpaired) electrons. The van der Waals surface area contributed by atoms with Gasteiger partial charge in [0.25, 0.3) is 0 Å². The molecule has 0 aliphatic rings. The van der Waals surface area contributed by atoms with Crippen molar-refractivity contribution in [3.63, 3.8) is 0 Å². The lowest BCUT2D eigenvalue weighted by Gasteiger charge is -2.29. The van der Waals surface area contributed by atoms with Crippen molar-refractivity contribution < 1.29 is 9.53 Å². The first-order valence-corrected chi connectivity index (χ1v) is 7.05. The van der Waals surface area contributed by atoms with Gasteiger partial charge in [-0.15, -0.1) is 12.6 Å². The predicted molar refractivity (Wildman–Crippen MR) is 81.6 cm³/mol. The molecule has 1 rings (SSSR count). The molecule has 1 aromatic carbocycles. The first kappa shape index (κ1) is 16.2. The standard InChI is InChI=1S/C14H20ClNO2S/c1-8(2)16(9(3)4)14(17)18-12-7-13(19)10(5)6-11(12)15/h6-9,19H,1-5H3. The smallest absolute Gasteiger partial charge is 0.409 e. The average molecular weight is 302 g/mol. The molecule has 0 bridgehead atoms. The number of benzene rings is 1. The van der Waals surface area contributed by atoms with Gasteiger partial charge < -0.3 is 9.64 Å². The SMILES string of the molecule is Cc1cc(Cl)c(OC(=O)N(C(C)C)C(C)C)cc1S. The fourth-order valence-corrected chi connectivity index (χ4v) is 2.32. The number of hydrogen-bond acceptors (Lipinski definition) is 3. The van der Waals surface area contributed by atoms with Gasteiger partial charge in [0.1, 0.15) is 0 Å². The molecule has 0 fully saturated rings. The summed E-state index contributed by atoms with van der Waals surface area (Å²) in [5.74, 6) is 0.341. The average Bonchev–Trinajstić information content (AvgIpc) is 2.24. The zero-order valence-corrected chi connectivity index (χ0v) is 13.5. The normalized spacial score (nSPS) is 11.0. The van der Waals surface area contributed by atoms with Crippen LogP contribution in [0, 0.1) is 6.92 Å². The molecular formula is C14H20ClNO2S. The molecule has 0 saturated carbocycles. The maximum Gasteiger partial charge on any atom is 0.415 e. The maximum atomic E-state index is 12.2. The number of halogens is 1. The number of hydrogen-bond donors (Lipinski definition) is 1. The van der Waals surface area contributed by atoms with Crippen LogP contribution in [0.5, 0.6) is 5.75 Å². The molecule has 5 heteroatoms. The van der Waals surface area contributed by atoms with E-state index in [0.29, 0.717) is 10.8 Å². The summed E-state index contributed by atoms with van der Waals surface area (Å²) in [5.41, 5.74) is 0.942. The third kappa shape index (κ3) is 4.05. The maximum absolute atomic E-state index is 12.2.